The summed E-state index contributed by atoms with van der Waals surface area (Å²) in [5.74, 6) is 0. The molecule has 0 saturated carbocycles. The van der Waals surface area contributed by atoms with Gasteiger partial charge in [0.1, 0.15) is 5.60 Å². The highest BCUT2D eigenvalue weighted by atomic mass is 16.5. The number of unbranched alkanes of at least 4 members (excludes halogenated alkanes) is 8. The largest absolute Gasteiger partial charge is 0.451 e. The molecule has 17 heavy (non-hydrogen) atoms. The quantitative estimate of drug-likeness (QED) is 0.460. The van der Waals surface area contributed by atoms with E-state index in [0.717, 1.165) is 12.8 Å². The van der Waals surface area contributed by atoms with E-state index in [1.165, 1.54) is 57.8 Å². The topological polar surface area (TPSA) is 26.3 Å². The van der Waals surface area contributed by atoms with Crippen LogP contribution < -0.4 is 0 Å². The molecule has 0 saturated heterocycles. The zero-order chi connectivity index (χ0) is 13.0. The molecule has 0 atom stereocenters. The van der Waals surface area contributed by atoms with Crippen LogP contribution in [0.25, 0.3) is 0 Å². The molecule has 0 heterocycles. The fourth-order valence-corrected chi connectivity index (χ4v) is 2.03. The first-order valence-corrected chi connectivity index (χ1v) is 7.17. The molecular weight excluding hydrogens is 212 g/mol. The number of ether oxygens (including phenoxy) is 1. The Kier molecular flexibility index (Phi) is 10.3. The van der Waals surface area contributed by atoms with Crippen molar-refractivity contribution < 1.29 is 9.53 Å². The number of rotatable bonds is 12. The van der Waals surface area contributed by atoms with Crippen LogP contribution in [0.15, 0.2) is 0 Å². The summed E-state index contributed by atoms with van der Waals surface area (Å²) in [6, 6.07) is 0. The molecule has 0 aromatic rings. The van der Waals surface area contributed by atoms with Crippen molar-refractivity contribution in [1.82, 2.24) is 0 Å². The molecule has 2 heteroatoms. The van der Waals surface area contributed by atoms with Gasteiger partial charge in [-0.1, -0.05) is 58.3 Å². The van der Waals surface area contributed by atoms with Crippen LogP contribution >= 0.6 is 0 Å². The molecule has 0 N–H and O–H groups in total. The SMILES string of the molecule is CCCCCCCCCCCC(C)(C)O[C]=O. The summed E-state index contributed by atoms with van der Waals surface area (Å²) in [5, 5.41) is 0. The van der Waals surface area contributed by atoms with Crippen LogP contribution in [0.3, 0.4) is 0 Å². The molecule has 0 fully saturated rings. The average molecular weight is 241 g/mol. The van der Waals surface area contributed by atoms with Gasteiger partial charge in [0.05, 0.1) is 0 Å². The van der Waals surface area contributed by atoms with Crippen LogP contribution in [-0.2, 0) is 9.53 Å². The Morgan fingerprint density at radius 3 is 1.82 bits per heavy atom. The Morgan fingerprint density at radius 2 is 1.35 bits per heavy atom. The molecule has 0 rings (SSSR count). The molecule has 0 spiro atoms. The molecule has 1 radical (unpaired) electrons. The Bertz CT molecular complexity index is 176. The van der Waals surface area contributed by atoms with Crippen molar-refractivity contribution in [2.75, 3.05) is 0 Å². The average Bonchev–Trinajstić information content (AvgIpc) is 2.27. The highest BCUT2D eigenvalue weighted by Gasteiger charge is 2.17. The van der Waals surface area contributed by atoms with Gasteiger partial charge in [0.25, 0.3) is 0 Å². The molecule has 0 aromatic heterocycles. The van der Waals surface area contributed by atoms with Crippen molar-refractivity contribution in [3.05, 3.63) is 0 Å². The third-order valence-electron chi connectivity index (χ3n) is 3.20. The molecule has 101 valence electrons. The molecule has 0 aliphatic rings. The maximum absolute atomic E-state index is 10.1. The summed E-state index contributed by atoms with van der Waals surface area (Å²) in [6.45, 7) is 7.68. The van der Waals surface area contributed by atoms with E-state index in [9.17, 15) is 4.79 Å². The van der Waals surface area contributed by atoms with Gasteiger partial charge in [0, 0.05) is 0 Å². The summed E-state index contributed by atoms with van der Waals surface area (Å²) >= 11 is 0. The Hall–Kier alpha value is -0.530. The van der Waals surface area contributed by atoms with E-state index in [0.29, 0.717) is 0 Å². The second-order valence-corrected chi connectivity index (χ2v) is 5.52. The van der Waals surface area contributed by atoms with Gasteiger partial charge in [-0.2, -0.15) is 0 Å². The van der Waals surface area contributed by atoms with E-state index in [2.05, 4.69) is 6.92 Å². The Morgan fingerprint density at radius 1 is 0.882 bits per heavy atom. The molecule has 0 aromatic carbocycles. The second-order valence-electron chi connectivity index (χ2n) is 5.52. The first-order chi connectivity index (χ1) is 8.12. The van der Waals surface area contributed by atoms with Crippen LogP contribution in [0.1, 0.15) is 85.0 Å². The molecule has 0 amide bonds. The van der Waals surface area contributed by atoms with Crippen molar-refractivity contribution in [3.63, 3.8) is 0 Å². The second kappa shape index (κ2) is 10.6. The van der Waals surface area contributed by atoms with Crippen molar-refractivity contribution in [1.29, 1.82) is 0 Å². The van der Waals surface area contributed by atoms with Gasteiger partial charge in [-0.25, -0.2) is 4.79 Å². The highest BCUT2D eigenvalue weighted by molar-refractivity contribution is 5.39. The normalized spacial score (nSPS) is 11.5. The first kappa shape index (κ1) is 16.5. The molecule has 0 unspecified atom stereocenters. The third kappa shape index (κ3) is 11.7. The van der Waals surface area contributed by atoms with Gasteiger partial charge in [-0.3, -0.25) is 0 Å². The molecule has 0 aliphatic carbocycles. The van der Waals surface area contributed by atoms with Crippen molar-refractivity contribution in [2.24, 2.45) is 0 Å². The zero-order valence-electron chi connectivity index (χ0n) is 11.9. The lowest BCUT2D eigenvalue weighted by Gasteiger charge is -2.21. The highest BCUT2D eigenvalue weighted by Crippen LogP contribution is 2.18. The lowest BCUT2D eigenvalue weighted by molar-refractivity contribution is 0.0772. The van der Waals surface area contributed by atoms with Crippen LogP contribution in [0.2, 0.25) is 0 Å². The van der Waals surface area contributed by atoms with Gasteiger partial charge in [-0.05, 0) is 26.7 Å². The van der Waals surface area contributed by atoms with Crippen LogP contribution in [0, 0.1) is 0 Å². The summed E-state index contributed by atoms with van der Waals surface area (Å²) in [7, 11) is 0. The smallest absolute Gasteiger partial charge is 0.418 e. The minimum absolute atomic E-state index is 0.330. The maximum Gasteiger partial charge on any atom is 0.418 e. The van der Waals surface area contributed by atoms with E-state index < -0.39 is 0 Å². The van der Waals surface area contributed by atoms with Gasteiger partial charge in [-0.15, -0.1) is 0 Å². The predicted molar refractivity (Wildman–Crippen MR) is 72.7 cm³/mol. The lowest BCUT2D eigenvalue weighted by Crippen LogP contribution is -2.23. The van der Waals surface area contributed by atoms with Crippen LogP contribution in [0.4, 0.5) is 0 Å². The zero-order valence-corrected chi connectivity index (χ0v) is 11.9. The standard InChI is InChI=1S/C15H29O2/c1-4-5-6-7-8-9-10-11-12-13-15(2,3)17-14-16/h4-13H2,1-3H3. The summed E-state index contributed by atoms with van der Waals surface area (Å²) in [5.41, 5.74) is -0.330. The number of carbonyl (C=O) groups excluding carboxylic acids is 1. The fourth-order valence-electron chi connectivity index (χ4n) is 2.03. The number of hydrogen-bond acceptors (Lipinski definition) is 2. The molecule has 0 bridgehead atoms. The third-order valence-corrected chi connectivity index (χ3v) is 3.20. The monoisotopic (exact) mass is 241 g/mol. The van der Waals surface area contributed by atoms with Crippen LogP contribution in [-0.4, -0.2) is 12.1 Å². The minimum atomic E-state index is -0.330. The van der Waals surface area contributed by atoms with Crippen LogP contribution in [0.5, 0.6) is 0 Å². The predicted octanol–water partition coefficient (Wildman–Crippen LogP) is 4.77. The van der Waals surface area contributed by atoms with Gasteiger partial charge in [0.15, 0.2) is 0 Å². The van der Waals surface area contributed by atoms with E-state index in [-0.39, 0.29) is 5.60 Å². The molecule has 2 nitrogen and oxygen atoms in total. The molecular formula is C15H29O2. The summed E-state index contributed by atoms with van der Waals surface area (Å²) in [6.07, 6.45) is 12.9. The van der Waals surface area contributed by atoms with Crippen molar-refractivity contribution >= 4 is 6.47 Å². The first-order valence-electron chi connectivity index (χ1n) is 7.17. The van der Waals surface area contributed by atoms with E-state index >= 15 is 0 Å². The Balaban J connectivity index is 3.20. The lowest BCUT2D eigenvalue weighted by atomic mass is 9.99. The fraction of sp³-hybridized carbons (Fsp3) is 0.933. The van der Waals surface area contributed by atoms with Crippen molar-refractivity contribution in [2.45, 2.75) is 90.6 Å². The van der Waals surface area contributed by atoms with E-state index in [1.54, 1.807) is 0 Å². The molecule has 0 aliphatic heterocycles. The summed E-state index contributed by atoms with van der Waals surface area (Å²) < 4.78 is 4.90. The summed E-state index contributed by atoms with van der Waals surface area (Å²) in [4.78, 5) is 10.1. The number of hydrogen-bond donors (Lipinski definition) is 0. The van der Waals surface area contributed by atoms with Crippen molar-refractivity contribution in [3.8, 4) is 0 Å². The van der Waals surface area contributed by atoms with Gasteiger partial charge >= 0.3 is 6.47 Å². The van der Waals surface area contributed by atoms with E-state index in [4.69, 9.17) is 4.74 Å². The maximum atomic E-state index is 10.1. The minimum Gasteiger partial charge on any atom is -0.451 e. The van der Waals surface area contributed by atoms with Gasteiger partial charge < -0.3 is 4.74 Å². The van der Waals surface area contributed by atoms with Gasteiger partial charge in [0.2, 0.25) is 0 Å². The van der Waals surface area contributed by atoms with E-state index in [1.807, 2.05) is 13.8 Å². The Labute approximate surface area is 107 Å².